The van der Waals surface area contributed by atoms with Crippen LogP contribution in [0, 0.1) is 0 Å². The standard InChI is InChI=1S/C33H78O11Si7/c1-45(2,3)35-22-24-26(28(41-48(10,11)12)30(32(34)37-24)43-50(16,17)18)39-33-31(44-51(19,20)21)29(42-49(13,14)15)27(40-47(7,8)9)25(38-33)23-36-46(4,5)6/h24-34H,22-23H2,1-21H3/t24-,25-,26+,27-,28-,29+,30-,31-,32?,33+/m1/s1. The van der Waals surface area contributed by atoms with Crippen molar-refractivity contribution in [2.45, 2.75) is 199 Å². The molecule has 2 aliphatic rings. The van der Waals surface area contributed by atoms with Crippen LogP contribution in [-0.2, 0) is 45.2 Å². The van der Waals surface area contributed by atoms with Gasteiger partial charge in [0, 0.05) is 0 Å². The van der Waals surface area contributed by atoms with Crippen LogP contribution in [0.15, 0.2) is 0 Å². The van der Waals surface area contributed by atoms with Gasteiger partial charge in [0.05, 0.1) is 13.2 Å². The van der Waals surface area contributed by atoms with Crippen molar-refractivity contribution in [3.8, 4) is 0 Å². The van der Waals surface area contributed by atoms with Crippen LogP contribution in [0.3, 0.4) is 0 Å². The first-order chi connectivity index (χ1) is 22.5. The molecule has 0 aromatic carbocycles. The summed E-state index contributed by atoms with van der Waals surface area (Å²) in [5.74, 6) is 0. The molecule has 0 amide bonds. The fourth-order valence-electron chi connectivity index (χ4n) is 5.84. The lowest BCUT2D eigenvalue weighted by Crippen LogP contribution is -2.69. The van der Waals surface area contributed by atoms with Gasteiger partial charge < -0.3 is 50.3 Å². The second-order valence-electron chi connectivity index (χ2n) is 21.0. The molecule has 0 radical (unpaired) electrons. The van der Waals surface area contributed by atoms with Crippen LogP contribution in [-0.4, -0.2) is 138 Å². The van der Waals surface area contributed by atoms with Crippen molar-refractivity contribution in [1.82, 2.24) is 0 Å². The van der Waals surface area contributed by atoms with Crippen LogP contribution in [0.5, 0.6) is 0 Å². The number of aliphatic hydroxyl groups is 1. The van der Waals surface area contributed by atoms with E-state index in [0.29, 0.717) is 6.61 Å². The average Bonchev–Trinajstić information content (AvgIpc) is 2.84. The van der Waals surface area contributed by atoms with E-state index < -0.39 is 120 Å². The molecule has 0 spiro atoms. The maximum atomic E-state index is 11.5. The molecule has 1 unspecified atom stereocenters. The maximum Gasteiger partial charge on any atom is 0.186 e. The van der Waals surface area contributed by atoms with Crippen LogP contribution in [0.4, 0.5) is 0 Å². The SMILES string of the molecule is C[Si](C)(C)OC[C@H]1OC(O)[C@H](O[Si](C)(C)C)[C@H](O[Si](C)(C)C)[C@H]1O[C@@H]1O[C@H](CO[Si](C)(C)C)[C@@H](O[Si](C)(C)C)[C@H](O[Si](C)(C)C)[C@H]1O[Si](C)(C)C. The quantitative estimate of drug-likeness (QED) is 0.138. The fourth-order valence-corrected chi connectivity index (χ4v) is 12.6. The molecule has 0 bridgehead atoms. The number of hydrogen-bond donors (Lipinski definition) is 1. The largest absolute Gasteiger partial charge is 0.415 e. The second-order valence-corrected chi connectivity index (χ2v) is 52.4. The monoisotopic (exact) mass is 846 g/mol. The van der Waals surface area contributed by atoms with Crippen molar-refractivity contribution >= 4 is 58.2 Å². The molecule has 10 atom stereocenters. The van der Waals surface area contributed by atoms with Gasteiger partial charge in [0.25, 0.3) is 0 Å². The Morgan fingerprint density at radius 2 is 0.686 bits per heavy atom. The lowest BCUT2D eigenvalue weighted by atomic mass is 9.97. The minimum absolute atomic E-state index is 0.229. The minimum atomic E-state index is -2.23. The predicted molar refractivity (Wildman–Crippen MR) is 224 cm³/mol. The van der Waals surface area contributed by atoms with Crippen LogP contribution >= 0.6 is 0 Å². The summed E-state index contributed by atoms with van der Waals surface area (Å²) in [7, 11) is -14.9. The Bertz CT molecular complexity index is 1070. The molecule has 0 saturated carbocycles. The Kier molecular flexibility index (Phi) is 16.7. The Morgan fingerprint density at radius 3 is 1.06 bits per heavy atom. The summed E-state index contributed by atoms with van der Waals surface area (Å²) in [6, 6.07) is 0. The fraction of sp³-hybridized carbons (Fsp3) is 1.00. The lowest BCUT2D eigenvalue weighted by Gasteiger charge is -2.53. The van der Waals surface area contributed by atoms with E-state index in [1.807, 2.05) is 0 Å². The summed E-state index contributed by atoms with van der Waals surface area (Å²) in [6.45, 7) is 45.9. The Balaban J connectivity index is 2.83. The van der Waals surface area contributed by atoms with E-state index in [1.54, 1.807) is 0 Å². The van der Waals surface area contributed by atoms with Crippen molar-refractivity contribution in [1.29, 1.82) is 0 Å². The van der Waals surface area contributed by atoms with E-state index in [4.69, 9.17) is 45.2 Å². The third-order valence-electron chi connectivity index (χ3n) is 7.30. The summed E-state index contributed by atoms with van der Waals surface area (Å²) in [5, 5.41) is 11.5. The molecule has 11 nitrogen and oxygen atoms in total. The molecule has 2 rings (SSSR count). The van der Waals surface area contributed by atoms with Crippen molar-refractivity contribution in [3.63, 3.8) is 0 Å². The number of hydrogen-bond acceptors (Lipinski definition) is 11. The lowest BCUT2D eigenvalue weighted by molar-refractivity contribution is -0.346. The van der Waals surface area contributed by atoms with Crippen molar-refractivity contribution in [2.24, 2.45) is 0 Å². The van der Waals surface area contributed by atoms with Gasteiger partial charge in [0.15, 0.2) is 70.8 Å². The summed E-state index contributed by atoms with van der Waals surface area (Å²) in [5.41, 5.74) is 0. The zero-order valence-corrected chi connectivity index (χ0v) is 43.2. The highest BCUT2D eigenvalue weighted by Gasteiger charge is 2.56. The molecule has 0 aromatic rings. The van der Waals surface area contributed by atoms with Gasteiger partial charge in [-0.05, 0) is 137 Å². The third kappa shape index (κ3) is 18.3. The van der Waals surface area contributed by atoms with Gasteiger partial charge in [-0.25, -0.2) is 0 Å². The first-order valence-corrected chi connectivity index (χ1v) is 42.7. The normalized spacial score (nSPS) is 32.4. The highest BCUT2D eigenvalue weighted by Crippen LogP contribution is 2.38. The van der Waals surface area contributed by atoms with Crippen LogP contribution in [0.1, 0.15) is 0 Å². The van der Waals surface area contributed by atoms with Gasteiger partial charge in [-0.3, -0.25) is 0 Å². The van der Waals surface area contributed by atoms with E-state index in [2.05, 4.69) is 137 Å². The second kappa shape index (κ2) is 17.7. The average molecular weight is 848 g/mol. The van der Waals surface area contributed by atoms with Crippen molar-refractivity contribution in [3.05, 3.63) is 0 Å². The van der Waals surface area contributed by atoms with Gasteiger partial charge in [0.2, 0.25) is 0 Å². The zero-order valence-electron chi connectivity index (χ0n) is 36.2. The van der Waals surface area contributed by atoms with E-state index in [9.17, 15) is 5.11 Å². The summed E-state index contributed by atoms with van der Waals surface area (Å²) >= 11 is 0. The first kappa shape index (κ1) is 48.2. The number of rotatable bonds is 18. The summed E-state index contributed by atoms with van der Waals surface area (Å²) in [4.78, 5) is 0. The predicted octanol–water partition coefficient (Wildman–Crippen LogP) is 7.62. The molecular weight excluding hydrogens is 769 g/mol. The molecule has 2 aliphatic heterocycles. The molecular formula is C33H78O11Si7. The maximum absolute atomic E-state index is 11.5. The molecule has 18 heteroatoms. The van der Waals surface area contributed by atoms with Gasteiger partial charge in [-0.2, -0.15) is 0 Å². The zero-order chi connectivity index (χ0) is 39.8. The minimum Gasteiger partial charge on any atom is -0.415 e. The Labute approximate surface area is 319 Å². The highest BCUT2D eigenvalue weighted by molar-refractivity contribution is 6.72. The van der Waals surface area contributed by atoms with Crippen LogP contribution in [0.25, 0.3) is 0 Å². The van der Waals surface area contributed by atoms with Gasteiger partial charge in [-0.1, -0.05) is 0 Å². The van der Waals surface area contributed by atoms with E-state index in [-0.39, 0.29) is 6.61 Å². The van der Waals surface area contributed by atoms with Gasteiger partial charge >= 0.3 is 0 Å². The van der Waals surface area contributed by atoms with Gasteiger partial charge in [-0.15, -0.1) is 0 Å². The van der Waals surface area contributed by atoms with E-state index >= 15 is 0 Å². The molecule has 2 heterocycles. The van der Waals surface area contributed by atoms with Crippen molar-refractivity contribution < 1.29 is 50.3 Å². The van der Waals surface area contributed by atoms with Crippen LogP contribution in [0.2, 0.25) is 137 Å². The molecule has 2 saturated heterocycles. The number of ether oxygens (including phenoxy) is 3. The topological polar surface area (TPSA) is 113 Å². The molecule has 1 N–H and O–H groups in total. The summed E-state index contributed by atoms with van der Waals surface area (Å²) < 4.78 is 68.5. The van der Waals surface area contributed by atoms with E-state index in [0.717, 1.165) is 0 Å². The smallest absolute Gasteiger partial charge is 0.186 e. The molecule has 2 fully saturated rings. The van der Waals surface area contributed by atoms with E-state index in [1.165, 1.54) is 0 Å². The molecule has 304 valence electrons. The molecule has 51 heavy (non-hydrogen) atoms. The van der Waals surface area contributed by atoms with Crippen LogP contribution < -0.4 is 0 Å². The Morgan fingerprint density at radius 1 is 0.373 bits per heavy atom. The Hall–Kier alpha value is 1.08. The third-order valence-corrected chi connectivity index (χ3v) is 14.3. The van der Waals surface area contributed by atoms with Crippen molar-refractivity contribution in [2.75, 3.05) is 13.2 Å². The van der Waals surface area contributed by atoms with Gasteiger partial charge in [0.1, 0.15) is 48.8 Å². The highest BCUT2D eigenvalue weighted by atomic mass is 28.4. The summed E-state index contributed by atoms with van der Waals surface area (Å²) in [6.07, 6.45) is -6.86. The molecule has 0 aromatic heterocycles. The first-order valence-electron chi connectivity index (χ1n) is 18.8. The molecule has 0 aliphatic carbocycles. The number of aliphatic hydroxyl groups excluding tert-OH is 1.